The van der Waals surface area contributed by atoms with Crippen molar-refractivity contribution in [2.45, 2.75) is 33.7 Å². The van der Waals surface area contributed by atoms with Crippen molar-refractivity contribution in [2.24, 2.45) is 5.92 Å². The van der Waals surface area contributed by atoms with Crippen molar-refractivity contribution in [3.8, 4) is 0 Å². The average molecular weight is 270 g/mol. The number of carbonyl (C=O) groups excluding carboxylic acids is 1. The van der Waals surface area contributed by atoms with E-state index >= 15 is 0 Å². The van der Waals surface area contributed by atoms with Crippen molar-refractivity contribution in [3.05, 3.63) is 22.8 Å². The maximum Gasteiger partial charge on any atom is 0.255 e. The molecule has 5 heteroatoms. The van der Waals surface area contributed by atoms with Crippen LogP contribution in [0, 0.1) is 5.92 Å². The van der Waals surface area contributed by atoms with Crippen molar-refractivity contribution in [1.82, 2.24) is 9.88 Å². The number of nitrogens with zero attached hydrogens (tertiary/aromatic N) is 2. The highest BCUT2D eigenvalue weighted by atomic mass is 35.5. The van der Waals surface area contributed by atoms with Crippen LogP contribution in [0.4, 0.5) is 5.82 Å². The Bertz CT molecular complexity index is 432. The van der Waals surface area contributed by atoms with Crippen LogP contribution in [0.2, 0.25) is 5.02 Å². The molecule has 18 heavy (non-hydrogen) atoms. The van der Waals surface area contributed by atoms with Gasteiger partial charge in [-0.1, -0.05) is 25.4 Å². The van der Waals surface area contributed by atoms with Crippen LogP contribution in [-0.4, -0.2) is 28.4 Å². The first-order chi connectivity index (χ1) is 8.32. The molecule has 0 radical (unpaired) electrons. The molecule has 0 aliphatic rings. The van der Waals surface area contributed by atoms with Crippen molar-refractivity contribution in [3.63, 3.8) is 0 Å². The summed E-state index contributed by atoms with van der Waals surface area (Å²) in [6.45, 7) is 8.81. The second-order valence-electron chi connectivity index (χ2n) is 5.03. The molecule has 0 fully saturated rings. The molecule has 1 aromatic rings. The minimum Gasteiger partial charge on any atom is -0.384 e. The number of pyridine rings is 1. The van der Waals surface area contributed by atoms with E-state index in [9.17, 15) is 4.79 Å². The predicted molar refractivity (Wildman–Crippen MR) is 74.7 cm³/mol. The number of halogens is 1. The first-order valence-corrected chi connectivity index (χ1v) is 6.42. The summed E-state index contributed by atoms with van der Waals surface area (Å²) in [5, 5.41) is 0.337. The number of nitrogens with two attached hydrogens (primary N) is 1. The molecule has 4 nitrogen and oxygen atoms in total. The van der Waals surface area contributed by atoms with E-state index in [1.807, 2.05) is 13.8 Å². The standard InChI is InChI=1S/C13H20ClN3O/c1-8(2)7-17(9(3)4)13(18)10-5-12(15)16-6-11(10)14/h5-6,8-9H,7H2,1-4H3,(H2,15,16). The van der Waals surface area contributed by atoms with Crippen molar-refractivity contribution >= 4 is 23.3 Å². The van der Waals surface area contributed by atoms with E-state index < -0.39 is 0 Å². The molecule has 2 N–H and O–H groups in total. The Labute approximate surface area is 113 Å². The van der Waals surface area contributed by atoms with Gasteiger partial charge in [-0.15, -0.1) is 0 Å². The molecular formula is C13H20ClN3O. The van der Waals surface area contributed by atoms with Gasteiger partial charge in [0.05, 0.1) is 10.6 Å². The van der Waals surface area contributed by atoms with Gasteiger partial charge in [0.15, 0.2) is 0 Å². The first kappa shape index (κ1) is 14.8. The highest BCUT2D eigenvalue weighted by Gasteiger charge is 2.22. The molecule has 0 atom stereocenters. The van der Waals surface area contributed by atoms with E-state index in [1.165, 1.54) is 12.3 Å². The second kappa shape index (κ2) is 6.05. The van der Waals surface area contributed by atoms with Gasteiger partial charge < -0.3 is 10.6 Å². The number of rotatable bonds is 4. The lowest BCUT2D eigenvalue weighted by atomic mass is 10.1. The fourth-order valence-electron chi connectivity index (χ4n) is 1.70. The smallest absolute Gasteiger partial charge is 0.255 e. The number of nitrogen functional groups attached to an aromatic ring is 1. The molecule has 0 aliphatic carbocycles. The first-order valence-electron chi connectivity index (χ1n) is 6.05. The summed E-state index contributed by atoms with van der Waals surface area (Å²) in [6, 6.07) is 1.64. The van der Waals surface area contributed by atoms with Crippen LogP contribution in [0.15, 0.2) is 12.3 Å². The van der Waals surface area contributed by atoms with Gasteiger partial charge in [-0.3, -0.25) is 4.79 Å². The number of anilines is 1. The Hall–Kier alpha value is -1.29. The van der Waals surface area contributed by atoms with Crippen LogP contribution in [0.25, 0.3) is 0 Å². The fraction of sp³-hybridized carbons (Fsp3) is 0.538. The van der Waals surface area contributed by atoms with Crippen molar-refractivity contribution < 1.29 is 4.79 Å². The third-order valence-electron chi connectivity index (χ3n) is 2.55. The highest BCUT2D eigenvalue weighted by Crippen LogP contribution is 2.20. The highest BCUT2D eigenvalue weighted by molar-refractivity contribution is 6.33. The van der Waals surface area contributed by atoms with E-state index in [0.29, 0.717) is 28.9 Å². The molecule has 0 aromatic carbocycles. The Morgan fingerprint density at radius 3 is 2.56 bits per heavy atom. The second-order valence-corrected chi connectivity index (χ2v) is 5.44. The van der Waals surface area contributed by atoms with Gasteiger partial charge >= 0.3 is 0 Å². The molecule has 0 bridgehead atoms. The molecule has 0 spiro atoms. The van der Waals surface area contributed by atoms with Gasteiger partial charge in [0.2, 0.25) is 0 Å². The Balaban J connectivity index is 3.05. The quantitative estimate of drug-likeness (QED) is 0.914. The van der Waals surface area contributed by atoms with Crippen LogP contribution >= 0.6 is 11.6 Å². The van der Waals surface area contributed by atoms with Crippen LogP contribution in [0.1, 0.15) is 38.1 Å². The van der Waals surface area contributed by atoms with Crippen LogP contribution < -0.4 is 5.73 Å². The molecule has 0 aliphatic heterocycles. The number of hydrogen-bond donors (Lipinski definition) is 1. The van der Waals surface area contributed by atoms with Crippen LogP contribution in [-0.2, 0) is 0 Å². The fourth-order valence-corrected chi connectivity index (χ4v) is 1.88. The Morgan fingerprint density at radius 1 is 1.44 bits per heavy atom. The number of carbonyl (C=O) groups is 1. The van der Waals surface area contributed by atoms with Gasteiger partial charge in [0.1, 0.15) is 5.82 Å². The minimum atomic E-state index is -0.0993. The minimum absolute atomic E-state index is 0.0993. The lowest BCUT2D eigenvalue weighted by molar-refractivity contribution is 0.0682. The van der Waals surface area contributed by atoms with Crippen LogP contribution in [0.3, 0.4) is 0 Å². The topological polar surface area (TPSA) is 59.2 Å². The molecule has 1 amide bonds. The summed E-state index contributed by atoms with van der Waals surface area (Å²) >= 11 is 6.01. The monoisotopic (exact) mass is 269 g/mol. The summed E-state index contributed by atoms with van der Waals surface area (Å²) in [4.78, 5) is 18.1. The maximum atomic E-state index is 12.5. The van der Waals surface area contributed by atoms with E-state index in [-0.39, 0.29) is 11.9 Å². The van der Waals surface area contributed by atoms with Gasteiger partial charge in [-0.25, -0.2) is 4.98 Å². The van der Waals surface area contributed by atoms with Crippen LogP contribution in [0.5, 0.6) is 0 Å². The summed E-state index contributed by atoms with van der Waals surface area (Å²) in [5.74, 6) is 0.600. The molecule has 0 saturated carbocycles. The molecule has 0 unspecified atom stereocenters. The Morgan fingerprint density at radius 2 is 2.06 bits per heavy atom. The normalized spacial score (nSPS) is 11.1. The van der Waals surface area contributed by atoms with E-state index in [1.54, 1.807) is 4.90 Å². The molecule has 1 aromatic heterocycles. The van der Waals surface area contributed by atoms with E-state index in [0.717, 1.165) is 0 Å². The summed E-state index contributed by atoms with van der Waals surface area (Å²) in [6.07, 6.45) is 1.41. The summed E-state index contributed by atoms with van der Waals surface area (Å²) < 4.78 is 0. The molecule has 1 heterocycles. The zero-order valence-electron chi connectivity index (χ0n) is 11.3. The van der Waals surface area contributed by atoms with Gasteiger partial charge in [0, 0.05) is 18.8 Å². The summed E-state index contributed by atoms with van der Waals surface area (Å²) in [7, 11) is 0. The van der Waals surface area contributed by atoms with Crippen molar-refractivity contribution in [1.29, 1.82) is 0 Å². The number of hydrogen-bond acceptors (Lipinski definition) is 3. The third-order valence-corrected chi connectivity index (χ3v) is 2.85. The molecule has 0 saturated heterocycles. The molecule has 1 rings (SSSR count). The summed E-state index contributed by atoms with van der Waals surface area (Å²) in [5.41, 5.74) is 6.02. The largest absolute Gasteiger partial charge is 0.384 e. The SMILES string of the molecule is CC(C)CN(C(=O)c1cc(N)ncc1Cl)C(C)C. The third kappa shape index (κ3) is 3.60. The Kier molecular flexibility index (Phi) is 4.96. The lowest BCUT2D eigenvalue weighted by Gasteiger charge is -2.28. The van der Waals surface area contributed by atoms with E-state index in [4.69, 9.17) is 17.3 Å². The van der Waals surface area contributed by atoms with E-state index in [2.05, 4.69) is 18.8 Å². The lowest BCUT2D eigenvalue weighted by Crippen LogP contribution is -2.39. The van der Waals surface area contributed by atoms with Gasteiger partial charge in [-0.2, -0.15) is 0 Å². The maximum absolute atomic E-state index is 12.5. The molecule has 100 valence electrons. The average Bonchev–Trinajstić information content (AvgIpc) is 2.27. The van der Waals surface area contributed by atoms with Gasteiger partial charge in [0.25, 0.3) is 5.91 Å². The predicted octanol–water partition coefficient (Wildman–Crippen LogP) is 2.82. The number of amides is 1. The zero-order chi connectivity index (χ0) is 13.9. The van der Waals surface area contributed by atoms with Crippen molar-refractivity contribution in [2.75, 3.05) is 12.3 Å². The zero-order valence-corrected chi connectivity index (χ0v) is 12.0. The molecular weight excluding hydrogens is 250 g/mol. The van der Waals surface area contributed by atoms with Gasteiger partial charge in [-0.05, 0) is 25.8 Å². The number of aromatic nitrogens is 1.